The molecule has 82 valence electrons. The summed E-state index contributed by atoms with van der Waals surface area (Å²) in [6.45, 7) is 0. The van der Waals surface area contributed by atoms with E-state index in [0.29, 0.717) is 15.6 Å². The largest absolute Gasteiger partial charge is 0.476 e. The molecule has 0 unspecified atom stereocenters. The summed E-state index contributed by atoms with van der Waals surface area (Å²) in [6, 6.07) is 4.70. The van der Waals surface area contributed by atoms with Crippen LogP contribution in [0.3, 0.4) is 0 Å². The summed E-state index contributed by atoms with van der Waals surface area (Å²) < 4.78 is 5.01. The summed E-state index contributed by atoms with van der Waals surface area (Å²) in [4.78, 5) is 14.4. The highest BCUT2D eigenvalue weighted by Gasteiger charge is 2.17. The number of hydrogen-bond donors (Lipinski definition) is 1. The predicted molar refractivity (Wildman–Crippen MR) is 58.9 cm³/mol. The second kappa shape index (κ2) is 4.15. The van der Waals surface area contributed by atoms with Crippen LogP contribution in [0.2, 0.25) is 10.0 Å². The smallest absolute Gasteiger partial charge is 0.358 e. The first kappa shape index (κ1) is 11.0. The number of nitrogens with zero attached hydrogens (tertiary/aromatic N) is 1. The van der Waals surface area contributed by atoms with Gasteiger partial charge in [-0.05, 0) is 18.2 Å². The van der Waals surface area contributed by atoms with Crippen LogP contribution >= 0.6 is 23.2 Å². The third kappa shape index (κ3) is 1.89. The van der Waals surface area contributed by atoms with Gasteiger partial charge in [-0.25, -0.2) is 9.78 Å². The van der Waals surface area contributed by atoms with Gasteiger partial charge in [0.05, 0.1) is 10.0 Å². The van der Waals surface area contributed by atoms with Crippen molar-refractivity contribution in [3.8, 4) is 11.3 Å². The zero-order chi connectivity index (χ0) is 11.7. The summed E-state index contributed by atoms with van der Waals surface area (Å²) in [7, 11) is 0. The van der Waals surface area contributed by atoms with Gasteiger partial charge >= 0.3 is 5.97 Å². The SMILES string of the molecule is O=C(O)c1ncoc1-c1ccc(Cl)c(Cl)c1. The molecule has 0 saturated heterocycles. The predicted octanol–water partition coefficient (Wildman–Crippen LogP) is 3.35. The Labute approximate surface area is 100 Å². The topological polar surface area (TPSA) is 63.3 Å². The molecule has 0 aliphatic carbocycles. The third-order valence-electron chi connectivity index (χ3n) is 1.95. The highest BCUT2D eigenvalue weighted by atomic mass is 35.5. The quantitative estimate of drug-likeness (QED) is 0.897. The lowest BCUT2D eigenvalue weighted by Gasteiger charge is -2.00. The molecule has 2 aromatic rings. The van der Waals surface area contributed by atoms with E-state index in [4.69, 9.17) is 32.7 Å². The van der Waals surface area contributed by atoms with Crippen molar-refractivity contribution in [1.29, 1.82) is 0 Å². The molecule has 0 bridgehead atoms. The zero-order valence-corrected chi connectivity index (χ0v) is 9.29. The van der Waals surface area contributed by atoms with Gasteiger partial charge in [0.2, 0.25) is 0 Å². The van der Waals surface area contributed by atoms with Crippen molar-refractivity contribution < 1.29 is 14.3 Å². The fourth-order valence-corrected chi connectivity index (χ4v) is 1.54. The van der Waals surface area contributed by atoms with Gasteiger partial charge in [0.1, 0.15) is 0 Å². The maximum absolute atomic E-state index is 10.8. The molecular formula is C10H5Cl2NO3. The van der Waals surface area contributed by atoms with Crippen LogP contribution in [0.15, 0.2) is 29.0 Å². The molecule has 0 amide bonds. The van der Waals surface area contributed by atoms with E-state index in [1.54, 1.807) is 12.1 Å². The molecule has 4 nitrogen and oxygen atoms in total. The maximum atomic E-state index is 10.8. The van der Waals surface area contributed by atoms with E-state index >= 15 is 0 Å². The number of benzene rings is 1. The average molecular weight is 258 g/mol. The molecule has 0 fully saturated rings. The van der Waals surface area contributed by atoms with Gasteiger partial charge in [-0.15, -0.1) is 0 Å². The molecule has 16 heavy (non-hydrogen) atoms. The third-order valence-corrected chi connectivity index (χ3v) is 2.69. The molecule has 1 N–H and O–H groups in total. The van der Waals surface area contributed by atoms with Gasteiger partial charge in [-0.2, -0.15) is 0 Å². The Morgan fingerprint density at radius 3 is 2.69 bits per heavy atom. The van der Waals surface area contributed by atoms with Gasteiger partial charge in [-0.1, -0.05) is 23.2 Å². The first-order chi connectivity index (χ1) is 7.59. The van der Waals surface area contributed by atoms with Gasteiger partial charge in [0.25, 0.3) is 0 Å². The van der Waals surface area contributed by atoms with Crippen molar-refractivity contribution in [3.05, 3.63) is 40.3 Å². The molecule has 1 aromatic carbocycles. The summed E-state index contributed by atoms with van der Waals surface area (Å²) in [5.74, 6) is -0.999. The molecular weight excluding hydrogens is 253 g/mol. The van der Waals surface area contributed by atoms with E-state index in [2.05, 4.69) is 4.98 Å². The Hall–Kier alpha value is -1.52. The van der Waals surface area contributed by atoms with E-state index in [9.17, 15) is 4.79 Å². The summed E-state index contributed by atoms with van der Waals surface area (Å²) in [5, 5.41) is 9.57. The van der Waals surface area contributed by atoms with Crippen molar-refractivity contribution in [3.63, 3.8) is 0 Å². The fourth-order valence-electron chi connectivity index (χ4n) is 1.24. The molecule has 6 heteroatoms. The summed E-state index contributed by atoms with van der Waals surface area (Å²) >= 11 is 11.6. The molecule has 0 saturated carbocycles. The minimum atomic E-state index is -1.16. The molecule has 0 aliphatic rings. The van der Waals surface area contributed by atoms with Gasteiger partial charge in [-0.3, -0.25) is 0 Å². The van der Waals surface area contributed by atoms with Crippen LogP contribution in [-0.2, 0) is 0 Å². The number of carbonyl (C=O) groups is 1. The number of carboxylic acids is 1. The van der Waals surface area contributed by atoms with Crippen molar-refractivity contribution in [2.45, 2.75) is 0 Å². The number of halogens is 2. The van der Waals surface area contributed by atoms with Crippen molar-refractivity contribution in [1.82, 2.24) is 4.98 Å². The van der Waals surface area contributed by atoms with Crippen LogP contribution in [0.4, 0.5) is 0 Å². The highest BCUT2D eigenvalue weighted by Crippen LogP contribution is 2.30. The highest BCUT2D eigenvalue weighted by molar-refractivity contribution is 6.42. The van der Waals surface area contributed by atoms with Crippen molar-refractivity contribution in [2.75, 3.05) is 0 Å². The van der Waals surface area contributed by atoms with E-state index in [0.717, 1.165) is 6.39 Å². The fraction of sp³-hybridized carbons (Fsp3) is 0. The summed E-state index contributed by atoms with van der Waals surface area (Å²) in [5.41, 5.74) is 0.364. The van der Waals surface area contributed by atoms with Crippen LogP contribution in [0.25, 0.3) is 11.3 Å². The maximum Gasteiger partial charge on any atom is 0.358 e. The van der Waals surface area contributed by atoms with E-state index in [1.165, 1.54) is 6.07 Å². The summed E-state index contributed by atoms with van der Waals surface area (Å²) in [6.07, 6.45) is 1.07. The standard InChI is InChI=1S/C10H5Cl2NO3/c11-6-2-1-5(3-7(6)12)9-8(10(14)15)13-4-16-9/h1-4H,(H,14,15). The Balaban J connectivity index is 2.54. The minimum Gasteiger partial charge on any atom is -0.476 e. The minimum absolute atomic E-state index is 0.154. The van der Waals surface area contributed by atoms with Crippen molar-refractivity contribution in [2.24, 2.45) is 0 Å². The lowest BCUT2D eigenvalue weighted by Crippen LogP contribution is -1.98. The van der Waals surface area contributed by atoms with Crippen molar-refractivity contribution >= 4 is 29.2 Å². The molecule has 1 aromatic heterocycles. The number of hydrogen-bond acceptors (Lipinski definition) is 3. The average Bonchev–Trinajstić information content (AvgIpc) is 2.71. The monoisotopic (exact) mass is 257 g/mol. The van der Waals surface area contributed by atoms with Gasteiger partial charge in [0, 0.05) is 5.56 Å². The van der Waals surface area contributed by atoms with E-state index in [-0.39, 0.29) is 11.5 Å². The zero-order valence-electron chi connectivity index (χ0n) is 7.78. The van der Waals surface area contributed by atoms with E-state index < -0.39 is 5.97 Å². The van der Waals surface area contributed by atoms with Gasteiger partial charge < -0.3 is 9.52 Å². The van der Waals surface area contributed by atoms with Crippen LogP contribution < -0.4 is 0 Å². The van der Waals surface area contributed by atoms with Crippen LogP contribution in [0.1, 0.15) is 10.5 Å². The molecule has 2 rings (SSSR count). The Morgan fingerprint density at radius 2 is 2.06 bits per heavy atom. The molecule has 0 radical (unpaired) electrons. The molecule has 0 spiro atoms. The Kier molecular flexibility index (Phi) is 2.85. The number of oxazole rings is 1. The van der Waals surface area contributed by atoms with Gasteiger partial charge in [0.15, 0.2) is 17.8 Å². The first-order valence-corrected chi connectivity index (χ1v) is 4.97. The second-order valence-electron chi connectivity index (χ2n) is 2.96. The number of carboxylic acid groups (broad SMARTS) is 1. The number of aromatic carboxylic acids is 1. The van der Waals surface area contributed by atoms with Crippen LogP contribution in [0, 0.1) is 0 Å². The van der Waals surface area contributed by atoms with Crippen LogP contribution in [-0.4, -0.2) is 16.1 Å². The lowest BCUT2D eigenvalue weighted by molar-refractivity contribution is 0.0691. The Bertz CT molecular complexity index is 551. The Morgan fingerprint density at radius 1 is 1.31 bits per heavy atom. The number of aromatic nitrogens is 1. The first-order valence-electron chi connectivity index (χ1n) is 4.22. The van der Waals surface area contributed by atoms with E-state index in [1.807, 2.05) is 0 Å². The molecule has 0 atom stereocenters. The molecule has 0 aliphatic heterocycles. The normalized spacial score (nSPS) is 10.4. The lowest BCUT2D eigenvalue weighted by atomic mass is 10.1. The molecule has 1 heterocycles. The second-order valence-corrected chi connectivity index (χ2v) is 3.78. The van der Waals surface area contributed by atoms with Crippen LogP contribution in [0.5, 0.6) is 0 Å². The number of rotatable bonds is 2.